The van der Waals surface area contributed by atoms with Crippen LogP contribution >= 0.6 is 34.2 Å². The molecule has 1 nitrogen and oxygen atoms in total. The van der Waals surface area contributed by atoms with Crippen molar-refractivity contribution in [2.45, 2.75) is 19.8 Å². The highest BCUT2D eigenvalue weighted by Crippen LogP contribution is 2.25. The number of nitrogens with zero attached hydrogens (tertiary/aromatic N) is 1. The van der Waals surface area contributed by atoms with Gasteiger partial charge in [-0.3, -0.25) is 4.98 Å². The summed E-state index contributed by atoms with van der Waals surface area (Å²) in [5.74, 6) is 0. The second kappa shape index (κ2) is 4.66. The third-order valence-electron chi connectivity index (χ3n) is 2.28. The summed E-state index contributed by atoms with van der Waals surface area (Å²) in [5.41, 5.74) is 2.07. The van der Waals surface area contributed by atoms with E-state index < -0.39 is 0 Å². The first-order valence-corrected chi connectivity index (χ1v) is 6.41. The van der Waals surface area contributed by atoms with Gasteiger partial charge in [-0.05, 0) is 53.3 Å². The number of halogens is 2. The number of rotatable bonds is 2. The van der Waals surface area contributed by atoms with Crippen LogP contribution in [0.5, 0.6) is 0 Å². The molecule has 1 aromatic heterocycles. The van der Waals surface area contributed by atoms with Crippen LogP contribution in [0.2, 0.25) is 5.02 Å². The van der Waals surface area contributed by atoms with Crippen molar-refractivity contribution in [1.29, 1.82) is 0 Å². The molecule has 0 unspecified atom stereocenters. The van der Waals surface area contributed by atoms with Crippen molar-refractivity contribution < 1.29 is 0 Å². The van der Waals surface area contributed by atoms with E-state index in [1.807, 2.05) is 12.1 Å². The zero-order chi connectivity index (χ0) is 10.8. The topological polar surface area (TPSA) is 12.9 Å². The van der Waals surface area contributed by atoms with Gasteiger partial charge in [0, 0.05) is 14.7 Å². The number of aryl methyl sites for hydroxylation is 1. The molecule has 0 fully saturated rings. The molecule has 0 radical (unpaired) electrons. The summed E-state index contributed by atoms with van der Waals surface area (Å²) in [5, 5.41) is 1.85. The van der Waals surface area contributed by atoms with Crippen molar-refractivity contribution in [2.75, 3.05) is 0 Å². The van der Waals surface area contributed by atoms with Crippen LogP contribution < -0.4 is 0 Å². The summed E-state index contributed by atoms with van der Waals surface area (Å²) < 4.78 is 1.19. The molecule has 0 N–H and O–H groups in total. The lowest BCUT2D eigenvalue weighted by molar-refractivity contribution is 0.890. The molecule has 2 aromatic rings. The SMILES string of the molecule is CCCc1cc(Cl)c2cc(I)ccc2n1. The summed E-state index contributed by atoms with van der Waals surface area (Å²) in [6.07, 6.45) is 2.08. The second-order valence-corrected chi connectivity index (χ2v) is 5.16. The van der Waals surface area contributed by atoms with E-state index in [-0.39, 0.29) is 0 Å². The standard InChI is InChI=1S/C12H11ClIN/c1-2-3-9-7-11(13)10-6-8(14)4-5-12(10)15-9/h4-7H,2-3H2,1H3. The van der Waals surface area contributed by atoms with Crippen molar-refractivity contribution >= 4 is 45.1 Å². The molecular weight excluding hydrogens is 320 g/mol. The molecule has 1 heterocycles. The number of hydrogen-bond acceptors (Lipinski definition) is 1. The summed E-state index contributed by atoms with van der Waals surface area (Å²) in [6.45, 7) is 2.15. The van der Waals surface area contributed by atoms with Crippen molar-refractivity contribution in [2.24, 2.45) is 0 Å². The van der Waals surface area contributed by atoms with E-state index in [9.17, 15) is 0 Å². The van der Waals surface area contributed by atoms with E-state index in [4.69, 9.17) is 11.6 Å². The zero-order valence-corrected chi connectivity index (χ0v) is 11.3. The molecule has 3 heteroatoms. The lowest BCUT2D eigenvalue weighted by Crippen LogP contribution is -1.91. The van der Waals surface area contributed by atoms with Gasteiger partial charge in [-0.1, -0.05) is 24.9 Å². The molecule has 15 heavy (non-hydrogen) atoms. The van der Waals surface area contributed by atoms with Crippen molar-refractivity contribution in [3.63, 3.8) is 0 Å². The molecule has 2 rings (SSSR count). The number of hydrogen-bond donors (Lipinski definition) is 0. The highest BCUT2D eigenvalue weighted by atomic mass is 127. The molecule has 0 saturated heterocycles. The molecule has 1 aromatic carbocycles. The molecule has 0 saturated carbocycles. The Hall–Kier alpha value is -0.350. The van der Waals surface area contributed by atoms with Crippen LogP contribution in [0.25, 0.3) is 10.9 Å². The highest BCUT2D eigenvalue weighted by Gasteiger charge is 2.04. The van der Waals surface area contributed by atoms with Crippen LogP contribution in [0.3, 0.4) is 0 Å². The highest BCUT2D eigenvalue weighted by molar-refractivity contribution is 14.1. The van der Waals surface area contributed by atoms with E-state index in [0.717, 1.165) is 34.5 Å². The fraction of sp³-hybridized carbons (Fsp3) is 0.250. The largest absolute Gasteiger partial charge is 0.253 e. The first-order chi connectivity index (χ1) is 7.20. The van der Waals surface area contributed by atoms with Crippen molar-refractivity contribution in [3.05, 3.63) is 38.6 Å². The van der Waals surface area contributed by atoms with Gasteiger partial charge in [0.25, 0.3) is 0 Å². The predicted molar refractivity (Wildman–Crippen MR) is 73.5 cm³/mol. The van der Waals surface area contributed by atoms with Crippen LogP contribution in [0.1, 0.15) is 19.0 Å². The van der Waals surface area contributed by atoms with Gasteiger partial charge >= 0.3 is 0 Å². The average Bonchev–Trinajstić information content (AvgIpc) is 2.20. The second-order valence-electron chi connectivity index (χ2n) is 3.51. The van der Waals surface area contributed by atoms with Crippen LogP contribution in [0, 0.1) is 3.57 Å². The third-order valence-corrected chi connectivity index (χ3v) is 3.26. The third kappa shape index (κ3) is 2.42. The van der Waals surface area contributed by atoms with E-state index in [1.165, 1.54) is 3.57 Å². The fourth-order valence-electron chi connectivity index (χ4n) is 1.59. The van der Waals surface area contributed by atoms with Crippen LogP contribution in [0.4, 0.5) is 0 Å². The maximum absolute atomic E-state index is 6.23. The zero-order valence-electron chi connectivity index (χ0n) is 8.43. The Kier molecular flexibility index (Phi) is 3.46. The fourth-order valence-corrected chi connectivity index (χ4v) is 2.36. The first-order valence-electron chi connectivity index (χ1n) is 4.95. The number of aromatic nitrogens is 1. The minimum absolute atomic E-state index is 0.807. The first kappa shape index (κ1) is 11.1. The Balaban J connectivity index is 2.62. The molecule has 0 amide bonds. The molecule has 0 aliphatic heterocycles. The molecule has 0 bridgehead atoms. The Labute approximate surface area is 108 Å². The van der Waals surface area contributed by atoms with Crippen LogP contribution in [-0.4, -0.2) is 4.98 Å². The smallest absolute Gasteiger partial charge is 0.0721 e. The Bertz CT molecular complexity index is 496. The predicted octanol–water partition coefficient (Wildman–Crippen LogP) is 4.45. The monoisotopic (exact) mass is 331 g/mol. The van der Waals surface area contributed by atoms with Gasteiger partial charge in [-0.15, -0.1) is 0 Å². The van der Waals surface area contributed by atoms with Gasteiger partial charge in [0.2, 0.25) is 0 Å². The van der Waals surface area contributed by atoms with Gasteiger partial charge in [0.15, 0.2) is 0 Å². The molecular formula is C12H11ClIN. The maximum atomic E-state index is 6.23. The normalized spacial score (nSPS) is 10.9. The van der Waals surface area contributed by atoms with E-state index in [0.29, 0.717) is 0 Å². The van der Waals surface area contributed by atoms with Crippen LogP contribution in [-0.2, 0) is 6.42 Å². The van der Waals surface area contributed by atoms with Crippen LogP contribution in [0.15, 0.2) is 24.3 Å². The van der Waals surface area contributed by atoms with E-state index >= 15 is 0 Å². The van der Waals surface area contributed by atoms with Crippen molar-refractivity contribution in [3.8, 4) is 0 Å². The summed E-state index contributed by atoms with van der Waals surface area (Å²) in [4.78, 5) is 4.58. The number of benzene rings is 1. The Morgan fingerprint density at radius 2 is 2.13 bits per heavy atom. The molecule has 0 aliphatic carbocycles. The average molecular weight is 332 g/mol. The van der Waals surface area contributed by atoms with Gasteiger partial charge in [-0.25, -0.2) is 0 Å². The summed E-state index contributed by atoms with van der Waals surface area (Å²) >= 11 is 8.51. The van der Waals surface area contributed by atoms with Gasteiger partial charge in [-0.2, -0.15) is 0 Å². The molecule has 78 valence electrons. The molecule has 0 atom stereocenters. The summed E-state index contributed by atoms with van der Waals surface area (Å²) in [6, 6.07) is 8.13. The maximum Gasteiger partial charge on any atom is 0.0721 e. The Morgan fingerprint density at radius 1 is 1.33 bits per heavy atom. The molecule has 0 aliphatic rings. The van der Waals surface area contributed by atoms with Gasteiger partial charge in [0.1, 0.15) is 0 Å². The quantitative estimate of drug-likeness (QED) is 0.741. The van der Waals surface area contributed by atoms with E-state index in [1.54, 1.807) is 0 Å². The number of fused-ring (bicyclic) bond motifs is 1. The molecule has 0 spiro atoms. The number of pyridine rings is 1. The minimum atomic E-state index is 0.807. The lowest BCUT2D eigenvalue weighted by Gasteiger charge is -2.04. The van der Waals surface area contributed by atoms with E-state index in [2.05, 4.69) is 46.6 Å². The minimum Gasteiger partial charge on any atom is -0.253 e. The van der Waals surface area contributed by atoms with Crippen molar-refractivity contribution in [1.82, 2.24) is 4.98 Å². The summed E-state index contributed by atoms with van der Waals surface area (Å²) in [7, 11) is 0. The lowest BCUT2D eigenvalue weighted by atomic mass is 10.1. The van der Waals surface area contributed by atoms with Gasteiger partial charge < -0.3 is 0 Å². The Morgan fingerprint density at radius 3 is 2.87 bits per heavy atom. The van der Waals surface area contributed by atoms with Gasteiger partial charge in [0.05, 0.1) is 10.5 Å².